The minimum absolute atomic E-state index is 0.143. The van der Waals surface area contributed by atoms with E-state index in [1.54, 1.807) is 0 Å². The van der Waals surface area contributed by atoms with Crippen molar-refractivity contribution < 1.29 is 4.79 Å². The fourth-order valence-corrected chi connectivity index (χ4v) is 1.75. The van der Waals surface area contributed by atoms with Crippen molar-refractivity contribution in [2.75, 3.05) is 5.32 Å². The smallest absolute Gasteiger partial charge is 0.258 e. The van der Waals surface area contributed by atoms with Crippen LogP contribution in [0.25, 0.3) is 0 Å². The summed E-state index contributed by atoms with van der Waals surface area (Å²) in [5.41, 5.74) is 1.53. The molecule has 0 aliphatic carbocycles. The molecule has 0 atom stereocenters. The van der Waals surface area contributed by atoms with Crippen LogP contribution in [0, 0.1) is 0 Å². The number of carbonyl (C=O) groups is 1. The summed E-state index contributed by atoms with van der Waals surface area (Å²) in [6, 6.07) is 2.72. The summed E-state index contributed by atoms with van der Waals surface area (Å²) in [6.45, 7) is 3.94. The van der Waals surface area contributed by atoms with E-state index in [0.29, 0.717) is 6.42 Å². The van der Waals surface area contributed by atoms with Crippen molar-refractivity contribution in [1.82, 2.24) is 20.2 Å². The lowest BCUT2D eigenvalue weighted by molar-refractivity contribution is 0.102. The number of hydrogen-bond donors (Lipinski definition) is 2. The molecule has 0 saturated heterocycles. The van der Waals surface area contributed by atoms with E-state index in [0.717, 1.165) is 17.8 Å². The monoisotopic (exact) mass is 273 g/mol. The molecule has 2 heterocycles. The average molecular weight is 273 g/mol. The summed E-state index contributed by atoms with van der Waals surface area (Å²) in [7, 11) is 0. The fraction of sp³-hybridized carbons (Fsp3) is 0.308. The van der Waals surface area contributed by atoms with Gasteiger partial charge in [-0.25, -0.2) is 4.98 Å². The van der Waals surface area contributed by atoms with Gasteiger partial charge in [-0.3, -0.25) is 14.9 Å². The number of aromatic nitrogens is 4. The lowest BCUT2D eigenvalue weighted by atomic mass is 10.2. The Labute approximate surface area is 115 Å². The molecule has 0 radical (unpaired) electrons. The molecule has 7 heteroatoms. The summed E-state index contributed by atoms with van der Waals surface area (Å²) >= 11 is 0. The van der Waals surface area contributed by atoms with E-state index in [1.165, 1.54) is 18.3 Å². The first-order chi connectivity index (χ1) is 9.63. The normalized spacial score (nSPS) is 10.3. The molecule has 7 nitrogen and oxygen atoms in total. The summed E-state index contributed by atoms with van der Waals surface area (Å²) in [4.78, 5) is 29.8. The van der Waals surface area contributed by atoms with Crippen molar-refractivity contribution in [1.29, 1.82) is 0 Å². The van der Waals surface area contributed by atoms with Gasteiger partial charge in [-0.05, 0) is 18.9 Å². The van der Waals surface area contributed by atoms with E-state index in [1.807, 2.05) is 13.8 Å². The summed E-state index contributed by atoms with van der Waals surface area (Å²) in [6.07, 6.45) is 2.87. The van der Waals surface area contributed by atoms with Crippen molar-refractivity contribution in [3.05, 3.63) is 45.6 Å². The van der Waals surface area contributed by atoms with Crippen LogP contribution in [-0.4, -0.2) is 26.1 Å². The first-order valence-corrected chi connectivity index (χ1v) is 6.36. The van der Waals surface area contributed by atoms with Gasteiger partial charge in [-0.15, -0.1) is 10.2 Å². The Balaban J connectivity index is 2.22. The van der Waals surface area contributed by atoms with Gasteiger partial charge in [0.05, 0.1) is 11.4 Å². The third-order valence-corrected chi connectivity index (χ3v) is 2.77. The molecule has 2 rings (SSSR count). The Morgan fingerprint density at radius 3 is 2.65 bits per heavy atom. The topological polar surface area (TPSA) is 101 Å². The van der Waals surface area contributed by atoms with Gasteiger partial charge < -0.3 is 4.98 Å². The summed E-state index contributed by atoms with van der Waals surface area (Å²) < 4.78 is 0. The van der Waals surface area contributed by atoms with E-state index in [9.17, 15) is 9.59 Å². The molecular formula is C13H15N5O2. The molecule has 0 aromatic carbocycles. The molecule has 0 saturated carbocycles. The molecule has 0 bridgehead atoms. The van der Waals surface area contributed by atoms with Crippen molar-refractivity contribution in [3.8, 4) is 0 Å². The zero-order chi connectivity index (χ0) is 14.5. The number of anilines is 1. The predicted molar refractivity (Wildman–Crippen MR) is 73.6 cm³/mol. The van der Waals surface area contributed by atoms with Crippen LogP contribution < -0.4 is 10.9 Å². The van der Waals surface area contributed by atoms with Crippen LogP contribution in [0.1, 0.15) is 35.6 Å². The Kier molecular flexibility index (Phi) is 4.19. The van der Waals surface area contributed by atoms with E-state index in [2.05, 4.69) is 25.5 Å². The van der Waals surface area contributed by atoms with Gasteiger partial charge in [0, 0.05) is 17.8 Å². The molecule has 104 valence electrons. The average Bonchev–Trinajstić information content (AvgIpc) is 2.47. The van der Waals surface area contributed by atoms with E-state index in [-0.39, 0.29) is 17.1 Å². The van der Waals surface area contributed by atoms with Gasteiger partial charge in [0.1, 0.15) is 0 Å². The van der Waals surface area contributed by atoms with Gasteiger partial charge in [-0.2, -0.15) is 0 Å². The van der Waals surface area contributed by atoms with Crippen LogP contribution in [0.2, 0.25) is 0 Å². The largest absolute Gasteiger partial charge is 0.329 e. The standard InChI is InChI=1S/C13H15N5O2/c1-3-9-10(4-2)17-18-13(15-9)16-12(20)8-5-6-14-11(19)7-8/h5-7H,3-4H2,1-2H3,(H,14,19)(H,15,16,18,20). The predicted octanol–water partition coefficient (Wildman–Crippen LogP) is 0.937. The van der Waals surface area contributed by atoms with Gasteiger partial charge in [0.2, 0.25) is 11.5 Å². The first kappa shape index (κ1) is 13.9. The first-order valence-electron chi connectivity index (χ1n) is 6.36. The Hall–Kier alpha value is -2.57. The maximum absolute atomic E-state index is 11.9. The number of nitrogens with one attached hydrogen (secondary N) is 2. The Morgan fingerprint density at radius 2 is 2.00 bits per heavy atom. The molecule has 2 aromatic heterocycles. The van der Waals surface area contributed by atoms with Gasteiger partial charge in [-0.1, -0.05) is 13.8 Å². The zero-order valence-electron chi connectivity index (χ0n) is 11.3. The molecule has 1 amide bonds. The van der Waals surface area contributed by atoms with Gasteiger partial charge in [0.25, 0.3) is 5.91 Å². The minimum atomic E-state index is -0.441. The molecular weight excluding hydrogens is 258 g/mol. The zero-order valence-corrected chi connectivity index (χ0v) is 11.3. The minimum Gasteiger partial charge on any atom is -0.329 e. The summed E-state index contributed by atoms with van der Waals surface area (Å²) in [5.74, 6) is -0.298. The van der Waals surface area contributed by atoms with Crippen LogP contribution in [0.3, 0.4) is 0 Å². The second-order valence-corrected chi connectivity index (χ2v) is 4.13. The molecule has 0 unspecified atom stereocenters. The molecule has 20 heavy (non-hydrogen) atoms. The van der Waals surface area contributed by atoms with Crippen molar-refractivity contribution in [2.45, 2.75) is 26.7 Å². The number of aryl methyl sites for hydroxylation is 2. The van der Waals surface area contributed by atoms with Crippen LogP contribution in [0.5, 0.6) is 0 Å². The van der Waals surface area contributed by atoms with Gasteiger partial charge >= 0.3 is 0 Å². The molecule has 0 aliphatic rings. The Morgan fingerprint density at radius 1 is 1.25 bits per heavy atom. The van der Waals surface area contributed by atoms with Crippen molar-refractivity contribution >= 4 is 11.9 Å². The van der Waals surface area contributed by atoms with Crippen LogP contribution in [0.4, 0.5) is 5.95 Å². The van der Waals surface area contributed by atoms with Crippen LogP contribution in [0.15, 0.2) is 23.1 Å². The lowest BCUT2D eigenvalue weighted by Gasteiger charge is -2.06. The molecule has 0 fully saturated rings. The number of rotatable bonds is 4. The highest BCUT2D eigenvalue weighted by Crippen LogP contribution is 2.07. The third kappa shape index (κ3) is 3.05. The molecule has 0 spiro atoms. The molecule has 0 aliphatic heterocycles. The van der Waals surface area contributed by atoms with E-state index in [4.69, 9.17) is 0 Å². The second-order valence-electron chi connectivity index (χ2n) is 4.13. The maximum atomic E-state index is 11.9. The number of amides is 1. The van der Waals surface area contributed by atoms with E-state index >= 15 is 0 Å². The number of pyridine rings is 1. The number of H-pyrrole nitrogens is 1. The number of aromatic amines is 1. The van der Waals surface area contributed by atoms with E-state index < -0.39 is 5.91 Å². The third-order valence-electron chi connectivity index (χ3n) is 2.77. The summed E-state index contributed by atoms with van der Waals surface area (Å²) in [5, 5.41) is 10.4. The van der Waals surface area contributed by atoms with Crippen LogP contribution >= 0.6 is 0 Å². The van der Waals surface area contributed by atoms with Gasteiger partial charge in [0.15, 0.2) is 0 Å². The fourth-order valence-electron chi connectivity index (χ4n) is 1.75. The molecule has 2 N–H and O–H groups in total. The van der Waals surface area contributed by atoms with Crippen molar-refractivity contribution in [2.24, 2.45) is 0 Å². The quantitative estimate of drug-likeness (QED) is 0.863. The van der Waals surface area contributed by atoms with Crippen molar-refractivity contribution in [3.63, 3.8) is 0 Å². The maximum Gasteiger partial charge on any atom is 0.258 e. The van der Waals surface area contributed by atoms with Crippen LogP contribution in [-0.2, 0) is 12.8 Å². The molecule has 2 aromatic rings. The number of carbonyl (C=O) groups excluding carboxylic acids is 1. The Bertz CT molecular complexity index is 680. The SMILES string of the molecule is CCc1nnc(NC(=O)c2cc[nH]c(=O)c2)nc1CC. The highest BCUT2D eigenvalue weighted by molar-refractivity contribution is 6.03. The highest BCUT2D eigenvalue weighted by Gasteiger charge is 2.11. The number of hydrogen-bond acceptors (Lipinski definition) is 5. The second kappa shape index (κ2) is 6.05. The highest BCUT2D eigenvalue weighted by atomic mass is 16.2. The lowest BCUT2D eigenvalue weighted by Crippen LogP contribution is -2.18. The number of nitrogens with zero attached hydrogens (tertiary/aromatic N) is 3.